The molecule has 1 aromatic rings. The van der Waals surface area contributed by atoms with E-state index >= 15 is 0 Å². The molecule has 2 N–H and O–H groups in total. The lowest BCUT2D eigenvalue weighted by atomic mass is 10.2. The van der Waals surface area contributed by atoms with Gasteiger partial charge in [-0.2, -0.15) is 5.14 Å². The van der Waals surface area contributed by atoms with Crippen molar-refractivity contribution in [2.45, 2.75) is 25.2 Å². The molecule has 1 aromatic carbocycles. The van der Waals surface area contributed by atoms with E-state index in [2.05, 4.69) is 0 Å². The number of hydrogen-bond acceptors (Lipinski definition) is 4. The van der Waals surface area contributed by atoms with Gasteiger partial charge in [-0.1, -0.05) is 30.3 Å². The standard InChI is InChI=1S/C11H15NO3S/c1-11(2,16(12)14)10(13)15-8-9-6-4-3-5-7-9/h3-7H,8,12H2,1-2H3. The highest BCUT2D eigenvalue weighted by Gasteiger charge is 2.40. The second kappa shape index (κ2) is 5.34. The van der Waals surface area contributed by atoms with Gasteiger partial charge in [-0.15, -0.1) is 0 Å². The third-order valence-corrected chi connectivity index (χ3v) is 3.38. The number of esters is 1. The van der Waals surface area contributed by atoms with Gasteiger partial charge in [-0.3, -0.25) is 0 Å². The van der Waals surface area contributed by atoms with E-state index in [1.165, 1.54) is 13.8 Å². The molecule has 1 atom stereocenters. The third kappa shape index (κ3) is 3.23. The van der Waals surface area contributed by atoms with E-state index in [1.54, 1.807) is 0 Å². The second-order valence-corrected chi connectivity index (χ2v) is 5.48. The number of benzene rings is 1. The van der Waals surface area contributed by atoms with Crippen molar-refractivity contribution in [2.24, 2.45) is 5.14 Å². The van der Waals surface area contributed by atoms with E-state index in [9.17, 15) is 9.35 Å². The topological polar surface area (TPSA) is 75.4 Å². The van der Waals surface area contributed by atoms with E-state index in [0.717, 1.165) is 5.56 Å². The van der Waals surface area contributed by atoms with Crippen molar-refractivity contribution in [1.29, 1.82) is 0 Å². The molecular formula is C11H15NO3S. The molecule has 0 aliphatic carbocycles. The van der Waals surface area contributed by atoms with Gasteiger partial charge in [0.15, 0.2) is 0 Å². The normalized spacial score (nSPS) is 13.2. The van der Waals surface area contributed by atoms with Gasteiger partial charge >= 0.3 is 5.97 Å². The fourth-order valence-electron chi connectivity index (χ4n) is 0.979. The quantitative estimate of drug-likeness (QED) is 0.633. The first-order chi connectivity index (χ1) is 7.44. The minimum absolute atomic E-state index is 0.167. The highest BCUT2D eigenvalue weighted by molar-refractivity contribution is 7.91. The van der Waals surface area contributed by atoms with E-state index in [-0.39, 0.29) is 6.61 Å². The Balaban J connectivity index is 2.54. The van der Waals surface area contributed by atoms with E-state index in [1.807, 2.05) is 30.3 Å². The summed E-state index contributed by atoms with van der Waals surface area (Å²) in [5.74, 6) is -0.558. The summed E-state index contributed by atoms with van der Waals surface area (Å²) in [7, 11) is 0. The molecular weight excluding hydrogens is 226 g/mol. The van der Waals surface area contributed by atoms with Gasteiger partial charge in [0.2, 0.25) is 4.75 Å². The van der Waals surface area contributed by atoms with Gasteiger partial charge in [0, 0.05) is 0 Å². The van der Waals surface area contributed by atoms with E-state index in [4.69, 9.17) is 9.88 Å². The lowest BCUT2D eigenvalue weighted by molar-refractivity contribution is -0.147. The van der Waals surface area contributed by atoms with Crippen LogP contribution in [0.3, 0.4) is 0 Å². The van der Waals surface area contributed by atoms with Crippen molar-refractivity contribution in [3.8, 4) is 0 Å². The molecule has 5 heteroatoms. The fraction of sp³-hybridized carbons (Fsp3) is 0.364. The van der Waals surface area contributed by atoms with Crippen LogP contribution in [0.1, 0.15) is 19.4 Å². The van der Waals surface area contributed by atoms with Gasteiger partial charge in [0.1, 0.15) is 6.61 Å². The molecule has 0 aromatic heterocycles. The number of rotatable bonds is 4. The van der Waals surface area contributed by atoms with Crippen molar-refractivity contribution in [2.75, 3.05) is 0 Å². The number of carbonyl (C=O) groups is 1. The number of carbonyl (C=O) groups excluding carboxylic acids is 1. The van der Waals surface area contributed by atoms with Crippen molar-refractivity contribution in [3.05, 3.63) is 35.9 Å². The Bertz CT molecular complexity index is 352. The minimum atomic E-state index is -1.74. The monoisotopic (exact) mass is 241 g/mol. The smallest absolute Gasteiger partial charge is 0.364 e. The predicted molar refractivity (Wildman–Crippen MR) is 62.6 cm³/mol. The summed E-state index contributed by atoms with van der Waals surface area (Å²) in [4.78, 5) is 11.6. The molecule has 0 saturated carbocycles. The van der Waals surface area contributed by atoms with Crippen LogP contribution in [-0.2, 0) is 27.5 Å². The van der Waals surface area contributed by atoms with Crippen LogP contribution in [0.2, 0.25) is 0 Å². The Labute approximate surface area is 98.1 Å². The molecule has 0 spiro atoms. The molecule has 0 heterocycles. The second-order valence-electron chi connectivity index (χ2n) is 3.87. The maximum Gasteiger partial charge on any atom is 0.364 e. The van der Waals surface area contributed by atoms with Gasteiger partial charge in [-0.25, -0.2) is 4.79 Å². The molecule has 1 unspecified atom stereocenters. The zero-order valence-electron chi connectivity index (χ0n) is 9.30. The van der Waals surface area contributed by atoms with Gasteiger partial charge in [-0.05, 0) is 19.4 Å². The van der Waals surface area contributed by atoms with Gasteiger partial charge < -0.3 is 9.29 Å². The van der Waals surface area contributed by atoms with Crippen molar-refractivity contribution in [3.63, 3.8) is 0 Å². The lowest BCUT2D eigenvalue weighted by Gasteiger charge is -2.21. The van der Waals surface area contributed by atoms with Crippen LogP contribution in [0.4, 0.5) is 0 Å². The molecule has 1 rings (SSSR count). The Kier molecular flexibility index (Phi) is 4.35. The van der Waals surface area contributed by atoms with Crippen LogP contribution in [0.25, 0.3) is 0 Å². The van der Waals surface area contributed by atoms with E-state index in [0.29, 0.717) is 0 Å². The average Bonchev–Trinajstić information content (AvgIpc) is 2.27. The van der Waals surface area contributed by atoms with Gasteiger partial charge in [0.05, 0.1) is 11.4 Å². The van der Waals surface area contributed by atoms with Crippen molar-refractivity contribution >= 4 is 17.3 Å². The Morgan fingerprint density at radius 2 is 2.00 bits per heavy atom. The van der Waals surface area contributed by atoms with Crippen LogP contribution >= 0.6 is 0 Å². The van der Waals surface area contributed by atoms with E-state index < -0.39 is 22.1 Å². The lowest BCUT2D eigenvalue weighted by Crippen LogP contribution is -2.45. The highest BCUT2D eigenvalue weighted by atomic mass is 32.2. The average molecular weight is 241 g/mol. The molecule has 0 radical (unpaired) electrons. The van der Waals surface area contributed by atoms with Crippen molar-refractivity contribution < 1.29 is 14.1 Å². The van der Waals surface area contributed by atoms with Crippen LogP contribution in [0.15, 0.2) is 30.3 Å². The molecule has 0 amide bonds. The Morgan fingerprint density at radius 3 is 2.50 bits per heavy atom. The third-order valence-electron chi connectivity index (χ3n) is 2.21. The Morgan fingerprint density at radius 1 is 1.44 bits per heavy atom. The first-order valence-electron chi connectivity index (χ1n) is 4.82. The molecule has 16 heavy (non-hydrogen) atoms. The van der Waals surface area contributed by atoms with Gasteiger partial charge in [0.25, 0.3) is 0 Å². The minimum Gasteiger partial charge on any atom is -0.597 e. The van der Waals surface area contributed by atoms with Crippen LogP contribution < -0.4 is 5.14 Å². The maximum atomic E-state index is 11.6. The summed E-state index contributed by atoms with van der Waals surface area (Å²) >= 11 is -1.74. The summed E-state index contributed by atoms with van der Waals surface area (Å²) in [6, 6.07) is 9.29. The summed E-state index contributed by atoms with van der Waals surface area (Å²) in [6.45, 7) is 3.16. The van der Waals surface area contributed by atoms with Crippen LogP contribution in [0, 0.1) is 0 Å². The number of ether oxygens (including phenoxy) is 1. The zero-order chi connectivity index (χ0) is 12.2. The summed E-state index contributed by atoms with van der Waals surface area (Å²) < 4.78 is 15.0. The largest absolute Gasteiger partial charge is 0.597 e. The fourth-order valence-corrected chi connectivity index (χ4v) is 1.20. The zero-order valence-corrected chi connectivity index (χ0v) is 10.1. The molecule has 0 bridgehead atoms. The predicted octanol–water partition coefficient (Wildman–Crippen LogP) is 1.13. The molecule has 0 saturated heterocycles. The summed E-state index contributed by atoms with van der Waals surface area (Å²) in [5, 5.41) is 5.21. The molecule has 4 nitrogen and oxygen atoms in total. The highest BCUT2D eigenvalue weighted by Crippen LogP contribution is 2.16. The summed E-state index contributed by atoms with van der Waals surface area (Å²) in [6.07, 6.45) is 0. The number of nitrogens with two attached hydrogens (primary N) is 1. The first kappa shape index (κ1) is 13.0. The van der Waals surface area contributed by atoms with Crippen LogP contribution in [0.5, 0.6) is 0 Å². The summed E-state index contributed by atoms with van der Waals surface area (Å²) in [5.41, 5.74) is 0.884. The molecule has 0 aliphatic heterocycles. The first-order valence-corrected chi connectivity index (χ1v) is 6.03. The maximum absolute atomic E-state index is 11.6. The molecule has 0 aliphatic rings. The molecule has 0 fully saturated rings. The van der Waals surface area contributed by atoms with Crippen molar-refractivity contribution in [1.82, 2.24) is 0 Å². The van der Waals surface area contributed by atoms with Crippen LogP contribution in [-0.4, -0.2) is 15.3 Å². The Hall–Kier alpha value is -1.04. The SMILES string of the molecule is CC(C)(C(=O)OCc1ccccc1)[S+](N)[O-]. The number of hydrogen-bond donors (Lipinski definition) is 1. The molecule has 88 valence electrons.